The Morgan fingerprint density at radius 1 is 1.52 bits per heavy atom. The molecule has 1 amide bonds. The minimum absolute atomic E-state index is 0.0695. The first-order valence-electron chi connectivity index (χ1n) is 6.67. The largest absolute Gasteiger partial charge is 0.393 e. The molecule has 114 valence electrons. The molecule has 0 aromatic heterocycles. The number of nitro groups is 1. The zero-order valence-electron chi connectivity index (χ0n) is 11.9. The SMILES string of the molecule is Cc1cc([N+](=O)[O-])cc(C(=O)N(C)CC2CC(O)C2)c1F. The molecule has 0 unspecified atom stereocenters. The molecule has 1 N–H and O–H groups in total. The predicted molar refractivity (Wildman–Crippen MR) is 73.5 cm³/mol. The van der Waals surface area contributed by atoms with E-state index >= 15 is 0 Å². The Morgan fingerprint density at radius 2 is 2.14 bits per heavy atom. The minimum atomic E-state index is -0.730. The molecule has 0 aliphatic heterocycles. The molecule has 1 aliphatic rings. The first-order valence-corrected chi connectivity index (χ1v) is 6.67. The van der Waals surface area contributed by atoms with E-state index < -0.39 is 16.6 Å². The van der Waals surface area contributed by atoms with Gasteiger partial charge in [-0.3, -0.25) is 14.9 Å². The average Bonchev–Trinajstić information content (AvgIpc) is 2.38. The van der Waals surface area contributed by atoms with Crippen LogP contribution < -0.4 is 0 Å². The van der Waals surface area contributed by atoms with Gasteiger partial charge in [-0.25, -0.2) is 4.39 Å². The highest BCUT2D eigenvalue weighted by molar-refractivity contribution is 5.95. The molecule has 0 bridgehead atoms. The van der Waals surface area contributed by atoms with Crippen LogP contribution in [0.1, 0.15) is 28.8 Å². The summed E-state index contributed by atoms with van der Waals surface area (Å²) in [6, 6.07) is 2.07. The van der Waals surface area contributed by atoms with Gasteiger partial charge in [0.1, 0.15) is 5.82 Å². The normalized spacial score (nSPS) is 20.8. The predicted octanol–water partition coefficient (Wildman–Crippen LogP) is 1.89. The quantitative estimate of drug-likeness (QED) is 0.679. The summed E-state index contributed by atoms with van der Waals surface area (Å²) in [6.07, 6.45) is 0.914. The van der Waals surface area contributed by atoms with Gasteiger partial charge in [0.2, 0.25) is 0 Å². The number of carbonyl (C=O) groups is 1. The Hall–Kier alpha value is -2.02. The molecule has 0 spiro atoms. The molecule has 7 heteroatoms. The van der Waals surface area contributed by atoms with Crippen molar-refractivity contribution < 1.29 is 19.2 Å². The number of rotatable bonds is 4. The summed E-state index contributed by atoms with van der Waals surface area (Å²) in [6.45, 7) is 1.79. The van der Waals surface area contributed by atoms with E-state index in [0.29, 0.717) is 19.4 Å². The van der Waals surface area contributed by atoms with Crippen LogP contribution >= 0.6 is 0 Å². The fraction of sp³-hybridized carbons (Fsp3) is 0.500. The molecular weight excluding hydrogens is 279 g/mol. The zero-order valence-corrected chi connectivity index (χ0v) is 11.9. The Bertz CT molecular complexity index is 585. The minimum Gasteiger partial charge on any atom is -0.393 e. The number of amides is 1. The van der Waals surface area contributed by atoms with Gasteiger partial charge in [0, 0.05) is 25.7 Å². The van der Waals surface area contributed by atoms with Gasteiger partial charge in [-0.05, 0) is 31.2 Å². The van der Waals surface area contributed by atoms with Gasteiger partial charge in [-0.15, -0.1) is 0 Å². The maximum atomic E-state index is 14.0. The van der Waals surface area contributed by atoms with Crippen molar-refractivity contribution in [1.29, 1.82) is 0 Å². The number of benzene rings is 1. The fourth-order valence-corrected chi connectivity index (χ4v) is 2.54. The van der Waals surface area contributed by atoms with E-state index in [2.05, 4.69) is 0 Å². The highest BCUT2D eigenvalue weighted by atomic mass is 19.1. The van der Waals surface area contributed by atoms with Gasteiger partial charge < -0.3 is 10.0 Å². The maximum absolute atomic E-state index is 14.0. The molecule has 1 aromatic rings. The number of hydrogen-bond donors (Lipinski definition) is 1. The van der Waals surface area contributed by atoms with Crippen LogP contribution in [0.3, 0.4) is 0 Å². The van der Waals surface area contributed by atoms with E-state index in [9.17, 15) is 24.4 Å². The summed E-state index contributed by atoms with van der Waals surface area (Å²) in [4.78, 5) is 23.8. The summed E-state index contributed by atoms with van der Waals surface area (Å²) in [5.41, 5.74) is -0.520. The summed E-state index contributed by atoms with van der Waals surface area (Å²) in [5.74, 6) is -1.12. The summed E-state index contributed by atoms with van der Waals surface area (Å²) in [5, 5.41) is 20.0. The molecule has 1 fully saturated rings. The van der Waals surface area contributed by atoms with E-state index in [1.54, 1.807) is 0 Å². The lowest BCUT2D eigenvalue weighted by Crippen LogP contribution is -2.39. The van der Waals surface area contributed by atoms with Crippen LogP contribution in [0.2, 0.25) is 0 Å². The molecule has 0 atom stereocenters. The zero-order chi connectivity index (χ0) is 15.7. The molecule has 1 aromatic carbocycles. The van der Waals surface area contributed by atoms with Crippen molar-refractivity contribution in [3.05, 3.63) is 39.2 Å². The average molecular weight is 296 g/mol. The number of nitrogens with zero attached hydrogens (tertiary/aromatic N) is 2. The number of nitro benzene ring substituents is 1. The first-order chi connectivity index (χ1) is 9.79. The van der Waals surface area contributed by atoms with Crippen LogP contribution in [0, 0.1) is 28.8 Å². The van der Waals surface area contributed by atoms with Crippen LogP contribution in [0.4, 0.5) is 10.1 Å². The van der Waals surface area contributed by atoms with E-state index in [0.717, 1.165) is 12.1 Å². The second-order valence-electron chi connectivity index (χ2n) is 5.56. The van der Waals surface area contributed by atoms with E-state index in [4.69, 9.17) is 0 Å². The molecule has 0 saturated heterocycles. The second kappa shape index (κ2) is 5.77. The maximum Gasteiger partial charge on any atom is 0.270 e. The van der Waals surface area contributed by atoms with Crippen molar-refractivity contribution in [2.24, 2.45) is 5.92 Å². The number of non-ortho nitro benzene ring substituents is 1. The Morgan fingerprint density at radius 3 is 2.67 bits per heavy atom. The van der Waals surface area contributed by atoms with Gasteiger partial charge in [0.15, 0.2) is 0 Å². The van der Waals surface area contributed by atoms with Gasteiger partial charge in [-0.2, -0.15) is 0 Å². The van der Waals surface area contributed by atoms with Gasteiger partial charge >= 0.3 is 0 Å². The van der Waals surface area contributed by atoms with Crippen molar-refractivity contribution >= 4 is 11.6 Å². The number of carbonyl (C=O) groups excluding carboxylic acids is 1. The van der Waals surface area contributed by atoms with Crippen molar-refractivity contribution in [3.63, 3.8) is 0 Å². The number of aliphatic hydroxyl groups excluding tert-OH is 1. The lowest BCUT2D eigenvalue weighted by Gasteiger charge is -2.34. The van der Waals surface area contributed by atoms with E-state index in [1.807, 2.05) is 0 Å². The number of halogens is 1. The van der Waals surface area contributed by atoms with Crippen LogP contribution in [-0.4, -0.2) is 40.5 Å². The fourth-order valence-electron chi connectivity index (χ4n) is 2.54. The highest BCUT2D eigenvalue weighted by Crippen LogP contribution is 2.28. The number of hydrogen-bond acceptors (Lipinski definition) is 4. The molecule has 1 saturated carbocycles. The topological polar surface area (TPSA) is 83.7 Å². The Kier molecular flexibility index (Phi) is 4.22. The molecular formula is C14H17FN2O4. The van der Waals surface area contributed by atoms with Crippen molar-refractivity contribution in [2.45, 2.75) is 25.9 Å². The molecule has 0 radical (unpaired) electrons. The van der Waals surface area contributed by atoms with E-state index in [1.165, 1.54) is 18.9 Å². The van der Waals surface area contributed by atoms with Crippen molar-refractivity contribution in [3.8, 4) is 0 Å². The van der Waals surface area contributed by atoms with Crippen LogP contribution in [0.15, 0.2) is 12.1 Å². The lowest BCUT2D eigenvalue weighted by atomic mass is 9.82. The van der Waals surface area contributed by atoms with Crippen LogP contribution in [0.5, 0.6) is 0 Å². The van der Waals surface area contributed by atoms with Crippen molar-refractivity contribution in [2.75, 3.05) is 13.6 Å². The highest BCUT2D eigenvalue weighted by Gasteiger charge is 2.30. The second-order valence-corrected chi connectivity index (χ2v) is 5.56. The number of aliphatic hydroxyl groups is 1. The monoisotopic (exact) mass is 296 g/mol. The first kappa shape index (κ1) is 15.4. The molecule has 1 aliphatic carbocycles. The standard InChI is InChI=1S/C14H17FN2O4/c1-8-3-10(17(20)21)6-12(13(8)15)14(19)16(2)7-9-4-11(18)5-9/h3,6,9,11,18H,4-5,7H2,1-2H3. The lowest BCUT2D eigenvalue weighted by molar-refractivity contribution is -0.385. The van der Waals surface area contributed by atoms with Gasteiger partial charge in [-0.1, -0.05) is 0 Å². The number of aryl methyl sites for hydroxylation is 1. The third-order valence-corrected chi connectivity index (χ3v) is 3.77. The van der Waals surface area contributed by atoms with Gasteiger partial charge in [0.05, 0.1) is 16.6 Å². The summed E-state index contributed by atoms with van der Waals surface area (Å²) < 4.78 is 14.0. The Labute approximate surface area is 121 Å². The Balaban J connectivity index is 2.19. The van der Waals surface area contributed by atoms with Crippen molar-refractivity contribution in [1.82, 2.24) is 4.90 Å². The van der Waals surface area contributed by atoms with Crippen LogP contribution in [0.25, 0.3) is 0 Å². The third kappa shape index (κ3) is 3.18. The van der Waals surface area contributed by atoms with Crippen LogP contribution in [-0.2, 0) is 0 Å². The summed E-state index contributed by atoms with van der Waals surface area (Å²) in [7, 11) is 1.53. The smallest absolute Gasteiger partial charge is 0.270 e. The third-order valence-electron chi connectivity index (χ3n) is 3.77. The van der Waals surface area contributed by atoms with E-state index in [-0.39, 0.29) is 28.8 Å². The molecule has 6 nitrogen and oxygen atoms in total. The molecule has 0 heterocycles. The molecule has 21 heavy (non-hydrogen) atoms. The molecule has 2 rings (SSSR count). The summed E-state index contributed by atoms with van der Waals surface area (Å²) >= 11 is 0. The van der Waals surface area contributed by atoms with Gasteiger partial charge in [0.25, 0.3) is 11.6 Å².